The predicted octanol–water partition coefficient (Wildman–Crippen LogP) is 1.01. The van der Waals surface area contributed by atoms with Crippen LogP contribution in [-0.4, -0.2) is 28.1 Å². The number of rotatable bonds is 3. The van der Waals surface area contributed by atoms with Gasteiger partial charge in [-0.15, -0.1) is 0 Å². The molecule has 7 nitrogen and oxygen atoms in total. The maximum absolute atomic E-state index is 12.9. The highest BCUT2D eigenvalue weighted by molar-refractivity contribution is 6.00. The van der Waals surface area contributed by atoms with Gasteiger partial charge in [0.15, 0.2) is 0 Å². The van der Waals surface area contributed by atoms with Crippen LogP contribution in [0.4, 0.5) is 5.69 Å². The number of aromatic nitrogens is 2. The molecule has 1 aromatic heterocycles. The molecular formula is C19H16N4O3. The highest BCUT2D eigenvalue weighted by Crippen LogP contribution is 2.36. The monoisotopic (exact) mass is 348 g/mol. The Morgan fingerprint density at radius 3 is 2.65 bits per heavy atom. The third kappa shape index (κ3) is 2.54. The smallest absolute Gasteiger partial charge is 0.248 e. The van der Waals surface area contributed by atoms with Gasteiger partial charge in [-0.3, -0.25) is 19.1 Å². The van der Waals surface area contributed by atoms with E-state index in [4.69, 9.17) is 5.73 Å². The molecule has 0 radical (unpaired) electrons. The number of benzene rings is 2. The van der Waals surface area contributed by atoms with Crippen molar-refractivity contribution < 1.29 is 9.59 Å². The molecule has 1 atom stereocenters. The summed E-state index contributed by atoms with van der Waals surface area (Å²) in [6.07, 6.45) is 1.21. The lowest BCUT2D eigenvalue weighted by molar-refractivity contribution is -0.119. The van der Waals surface area contributed by atoms with Gasteiger partial charge in [-0.05, 0) is 23.8 Å². The molecule has 2 N–H and O–H groups in total. The standard InChI is InChI=1S/C19H16N4O3/c20-19(26)14-10-22(15-7-3-1-5-12(14)15)18(25)11-23-16-8-4-2-6-13(16)17(24)9-21-23/h1-9,14H,10-11H2,(H2,20,26)/t14-/m1/s1. The number of fused-ring (bicyclic) bond motifs is 2. The molecule has 1 aliphatic rings. The van der Waals surface area contributed by atoms with Crippen LogP contribution in [0.5, 0.6) is 0 Å². The average molecular weight is 348 g/mol. The maximum atomic E-state index is 12.9. The number of primary amides is 1. The molecule has 0 aliphatic carbocycles. The van der Waals surface area contributed by atoms with Crippen LogP contribution in [0.15, 0.2) is 59.5 Å². The van der Waals surface area contributed by atoms with Crippen molar-refractivity contribution in [3.05, 3.63) is 70.5 Å². The van der Waals surface area contributed by atoms with E-state index in [2.05, 4.69) is 5.10 Å². The van der Waals surface area contributed by atoms with Gasteiger partial charge in [0.1, 0.15) is 6.54 Å². The second-order valence-corrected chi connectivity index (χ2v) is 6.20. The summed E-state index contributed by atoms with van der Waals surface area (Å²) in [5.41, 5.74) is 7.33. The second kappa shape index (κ2) is 6.11. The van der Waals surface area contributed by atoms with Crippen LogP contribution in [0.25, 0.3) is 10.9 Å². The molecule has 2 heterocycles. The fourth-order valence-electron chi connectivity index (χ4n) is 3.39. The summed E-state index contributed by atoms with van der Waals surface area (Å²) in [4.78, 5) is 38.1. The molecule has 0 saturated carbocycles. The second-order valence-electron chi connectivity index (χ2n) is 6.20. The van der Waals surface area contributed by atoms with Crippen molar-refractivity contribution in [2.75, 3.05) is 11.4 Å². The fraction of sp³-hybridized carbons (Fsp3) is 0.158. The van der Waals surface area contributed by atoms with E-state index < -0.39 is 11.8 Å². The summed E-state index contributed by atoms with van der Waals surface area (Å²) < 4.78 is 1.50. The normalized spacial score (nSPS) is 15.8. The van der Waals surface area contributed by atoms with E-state index in [1.807, 2.05) is 18.2 Å². The summed E-state index contributed by atoms with van der Waals surface area (Å²) >= 11 is 0. The molecule has 0 unspecified atom stereocenters. The van der Waals surface area contributed by atoms with Gasteiger partial charge in [-0.25, -0.2) is 0 Å². The quantitative estimate of drug-likeness (QED) is 0.764. The maximum Gasteiger partial charge on any atom is 0.248 e. The Hall–Kier alpha value is -3.48. The Kier molecular flexibility index (Phi) is 3.76. The van der Waals surface area contributed by atoms with Crippen molar-refractivity contribution in [1.82, 2.24) is 9.78 Å². The number of nitrogens with zero attached hydrogens (tertiary/aromatic N) is 3. The van der Waals surface area contributed by atoms with Crippen molar-refractivity contribution in [3.8, 4) is 0 Å². The number of amides is 2. The number of carbonyl (C=O) groups excluding carboxylic acids is 2. The first kappa shape index (κ1) is 16.0. The molecule has 1 aliphatic heterocycles. The minimum absolute atomic E-state index is 0.0411. The zero-order valence-corrected chi connectivity index (χ0v) is 13.8. The Morgan fingerprint density at radius 2 is 1.85 bits per heavy atom. The third-order valence-corrected chi connectivity index (χ3v) is 4.66. The van der Waals surface area contributed by atoms with Crippen molar-refractivity contribution in [2.24, 2.45) is 5.73 Å². The zero-order valence-electron chi connectivity index (χ0n) is 13.8. The predicted molar refractivity (Wildman–Crippen MR) is 96.7 cm³/mol. The van der Waals surface area contributed by atoms with Crippen molar-refractivity contribution in [1.29, 1.82) is 0 Å². The van der Waals surface area contributed by atoms with Crippen LogP contribution in [0.1, 0.15) is 11.5 Å². The van der Waals surface area contributed by atoms with E-state index in [0.29, 0.717) is 16.6 Å². The van der Waals surface area contributed by atoms with Gasteiger partial charge in [0.2, 0.25) is 17.2 Å². The number of hydrogen-bond acceptors (Lipinski definition) is 4. The van der Waals surface area contributed by atoms with Crippen LogP contribution in [0.3, 0.4) is 0 Å². The number of hydrogen-bond donors (Lipinski definition) is 1. The van der Waals surface area contributed by atoms with Gasteiger partial charge < -0.3 is 10.6 Å². The van der Waals surface area contributed by atoms with Crippen LogP contribution in [0.2, 0.25) is 0 Å². The summed E-state index contributed by atoms with van der Waals surface area (Å²) in [6.45, 7) is 0.173. The molecule has 0 spiro atoms. The summed E-state index contributed by atoms with van der Waals surface area (Å²) in [7, 11) is 0. The summed E-state index contributed by atoms with van der Waals surface area (Å²) in [5.74, 6) is -1.20. The lowest BCUT2D eigenvalue weighted by atomic mass is 10.0. The first-order valence-corrected chi connectivity index (χ1v) is 8.20. The first-order chi connectivity index (χ1) is 12.6. The minimum Gasteiger partial charge on any atom is -0.369 e. The van der Waals surface area contributed by atoms with E-state index in [9.17, 15) is 14.4 Å². The molecule has 4 rings (SSSR count). The van der Waals surface area contributed by atoms with Gasteiger partial charge in [0.25, 0.3) is 0 Å². The number of nitrogens with two attached hydrogens (primary N) is 1. The lowest BCUT2D eigenvalue weighted by Crippen LogP contribution is -2.35. The number of para-hydroxylation sites is 2. The van der Waals surface area contributed by atoms with Gasteiger partial charge in [-0.2, -0.15) is 5.10 Å². The van der Waals surface area contributed by atoms with E-state index in [1.54, 1.807) is 35.2 Å². The topological polar surface area (TPSA) is 98.3 Å². The molecular weight excluding hydrogens is 332 g/mol. The molecule has 130 valence electrons. The molecule has 7 heteroatoms. The van der Waals surface area contributed by atoms with Gasteiger partial charge >= 0.3 is 0 Å². The van der Waals surface area contributed by atoms with E-state index in [-0.39, 0.29) is 24.4 Å². The Bertz CT molecular complexity index is 1090. The van der Waals surface area contributed by atoms with Crippen LogP contribution in [-0.2, 0) is 16.1 Å². The molecule has 0 fully saturated rings. The Balaban J connectivity index is 1.69. The minimum atomic E-state index is -0.520. The van der Waals surface area contributed by atoms with Crippen LogP contribution < -0.4 is 16.1 Å². The van der Waals surface area contributed by atoms with Crippen molar-refractivity contribution >= 4 is 28.4 Å². The molecule has 26 heavy (non-hydrogen) atoms. The van der Waals surface area contributed by atoms with Gasteiger partial charge in [0.05, 0.1) is 17.6 Å². The summed E-state index contributed by atoms with van der Waals surface area (Å²) in [6, 6.07) is 14.3. The number of anilines is 1. The highest BCUT2D eigenvalue weighted by atomic mass is 16.2. The lowest BCUT2D eigenvalue weighted by Gasteiger charge is -2.18. The molecule has 0 bridgehead atoms. The SMILES string of the molecule is NC(=O)[C@@H]1CN(C(=O)Cn2ncc(=O)c3ccccc32)c2ccccc21. The van der Waals surface area contributed by atoms with Crippen LogP contribution in [0, 0.1) is 0 Å². The fourth-order valence-corrected chi connectivity index (χ4v) is 3.39. The molecule has 0 saturated heterocycles. The molecule has 3 aromatic rings. The average Bonchev–Trinajstić information content (AvgIpc) is 3.04. The summed E-state index contributed by atoms with van der Waals surface area (Å²) in [5, 5.41) is 4.60. The molecule has 2 amide bonds. The van der Waals surface area contributed by atoms with E-state index >= 15 is 0 Å². The van der Waals surface area contributed by atoms with Crippen molar-refractivity contribution in [3.63, 3.8) is 0 Å². The van der Waals surface area contributed by atoms with E-state index in [1.165, 1.54) is 10.9 Å². The largest absolute Gasteiger partial charge is 0.369 e. The number of carbonyl (C=O) groups is 2. The highest BCUT2D eigenvalue weighted by Gasteiger charge is 2.35. The van der Waals surface area contributed by atoms with Gasteiger partial charge in [-0.1, -0.05) is 30.3 Å². The van der Waals surface area contributed by atoms with E-state index in [0.717, 1.165) is 5.56 Å². The van der Waals surface area contributed by atoms with Crippen molar-refractivity contribution in [2.45, 2.75) is 12.5 Å². The van der Waals surface area contributed by atoms with Gasteiger partial charge in [0, 0.05) is 17.6 Å². The zero-order chi connectivity index (χ0) is 18.3. The van der Waals surface area contributed by atoms with Crippen LogP contribution >= 0.6 is 0 Å². The third-order valence-electron chi connectivity index (χ3n) is 4.66. The molecule has 2 aromatic carbocycles. The Labute approximate surface area is 148 Å². The first-order valence-electron chi connectivity index (χ1n) is 8.20. The Morgan fingerprint density at radius 1 is 1.12 bits per heavy atom.